The zero-order chi connectivity index (χ0) is 14.4. The lowest BCUT2D eigenvalue weighted by atomic mass is 10.0. The monoisotopic (exact) mass is 270 g/mol. The quantitative estimate of drug-likeness (QED) is 0.788. The van der Waals surface area contributed by atoms with Crippen LogP contribution in [0.2, 0.25) is 0 Å². The molecule has 1 N–H and O–H groups in total. The van der Waals surface area contributed by atoms with Gasteiger partial charge in [0, 0.05) is 20.1 Å². The van der Waals surface area contributed by atoms with Gasteiger partial charge in [0.2, 0.25) is 11.8 Å². The number of methoxy groups -OCH3 is 1. The molecule has 1 rings (SSSR count). The average molecular weight is 270 g/mol. The molecule has 2 unspecified atom stereocenters. The van der Waals surface area contributed by atoms with Crippen molar-refractivity contribution in [2.24, 2.45) is 5.92 Å². The first kappa shape index (κ1) is 16.0. The minimum Gasteiger partial charge on any atom is -0.383 e. The topological polar surface area (TPSA) is 58.6 Å². The van der Waals surface area contributed by atoms with Gasteiger partial charge in [-0.1, -0.05) is 27.2 Å². The third-order valence-electron chi connectivity index (χ3n) is 3.53. The first-order chi connectivity index (χ1) is 9.01. The molecule has 2 amide bonds. The Balaban J connectivity index is 2.89. The fourth-order valence-electron chi connectivity index (χ4n) is 2.49. The summed E-state index contributed by atoms with van der Waals surface area (Å²) >= 11 is 0. The molecule has 1 saturated heterocycles. The zero-order valence-electron chi connectivity index (χ0n) is 12.4. The second kappa shape index (κ2) is 7.48. The minimum absolute atomic E-state index is 0.0244. The van der Waals surface area contributed by atoms with Crippen LogP contribution in [0.5, 0.6) is 0 Å². The third kappa shape index (κ3) is 4.20. The Hall–Kier alpha value is -1.10. The van der Waals surface area contributed by atoms with E-state index >= 15 is 0 Å². The molecule has 0 radical (unpaired) electrons. The van der Waals surface area contributed by atoms with Gasteiger partial charge in [-0.05, 0) is 12.3 Å². The molecule has 0 saturated carbocycles. The van der Waals surface area contributed by atoms with E-state index in [1.54, 1.807) is 7.11 Å². The lowest BCUT2D eigenvalue weighted by molar-refractivity contribution is -0.138. The van der Waals surface area contributed by atoms with Gasteiger partial charge in [-0.15, -0.1) is 0 Å². The Kier molecular flexibility index (Phi) is 6.28. The van der Waals surface area contributed by atoms with Crippen molar-refractivity contribution in [3.05, 3.63) is 0 Å². The maximum Gasteiger partial charge on any atom is 0.245 e. The van der Waals surface area contributed by atoms with Crippen LogP contribution in [0.15, 0.2) is 0 Å². The van der Waals surface area contributed by atoms with E-state index in [4.69, 9.17) is 4.74 Å². The first-order valence-corrected chi connectivity index (χ1v) is 7.10. The second-order valence-electron chi connectivity index (χ2n) is 5.47. The van der Waals surface area contributed by atoms with Gasteiger partial charge in [-0.3, -0.25) is 9.59 Å². The molecule has 0 spiro atoms. The Labute approximate surface area is 115 Å². The Morgan fingerprint density at radius 1 is 1.42 bits per heavy atom. The van der Waals surface area contributed by atoms with Crippen molar-refractivity contribution < 1.29 is 14.3 Å². The molecule has 1 fully saturated rings. The van der Waals surface area contributed by atoms with E-state index < -0.39 is 6.04 Å². The molecular weight excluding hydrogens is 244 g/mol. The molecule has 1 aliphatic rings. The van der Waals surface area contributed by atoms with E-state index in [9.17, 15) is 9.59 Å². The summed E-state index contributed by atoms with van der Waals surface area (Å²) in [6.07, 6.45) is 2.27. The predicted octanol–water partition coefficient (Wildman–Crippen LogP) is 1.17. The molecule has 5 nitrogen and oxygen atoms in total. The van der Waals surface area contributed by atoms with Crippen molar-refractivity contribution >= 4 is 11.8 Å². The highest BCUT2D eigenvalue weighted by Gasteiger charge is 2.34. The summed E-state index contributed by atoms with van der Waals surface area (Å²) in [5.41, 5.74) is 0. The molecule has 0 aliphatic carbocycles. The molecule has 19 heavy (non-hydrogen) atoms. The largest absolute Gasteiger partial charge is 0.383 e. The molecule has 0 aromatic heterocycles. The summed E-state index contributed by atoms with van der Waals surface area (Å²) in [5.74, 6) is 0.0837. The Morgan fingerprint density at radius 3 is 2.63 bits per heavy atom. The summed E-state index contributed by atoms with van der Waals surface area (Å²) in [6, 6.07) is -0.345. The first-order valence-electron chi connectivity index (χ1n) is 7.10. The molecule has 0 aromatic rings. The van der Waals surface area contributed by atoms with Gasteiger partial charge >= 0.3 is 0 Å². The molecule has 110 valence electrons. The highest BCUT2D eigenvalue weighted by Crippen LogP contribution is 2.16. The van der Waals surface area contributed by atoms with Crippen LogP contribution < -0.4 is 5.32 Å². The van der Waals surface area contributed by atoms with Crippen LogP contribution in [0.1, 0.15) is 40.0 Å². The van der Waals surface area contributed by atoms with Gasteiger partial charge in [0.15, 0.2) is 0 Å². The number of carbonyl (C=O) groups is 2. The molecule has 5 heteroatoms. The number of hydrogen-bond acceptors (Lipinski definition) is 3. The minimum atomic E-state index is -0.411. The van der Waals surface area contributed by atoms with Crippen LogP contribution in [-0.4, -0.2) is 49.1 Å². The fraction of sp³-hybridized carbons (Fsp3) is 0.857. The van der Waals surface area contributed by atoms with Gasteiger partial charge in [0.25, 0.3) is 0 Å². The highest BCUT2D eigenvalue weighted by molar-refractivity contribution is 5.90. The van der Waals surface area contributed by atoms with Crippen molar-refractivity contribution in [1.29, 1.82) is 0 Å². The number of nitrogens with zero attached hydrogens (tertiary/aromatic N) is 1. The highest BCUT2D eigenvalue weighted by atomic mass is 16.5. The fourth-order valence-corrected chi connectivity index (χ4v) is 2.49. The smallest absolute Gasteiger partial charge is 0.245 e. The zero-order valence-corrected chi connectivity index (χ0v) is 12.4. The maximum absolute atomic E-state index is 12.6. The van der Waals surface area contributed by atoms with E-state index in [-0.39, 0.29) is 23.8 Å². The van der Waals surface area contributed by atoms with E-state index in [2.05, 4.69) is 12.2 Å². The Bertz CT molecular complexity index is 312. The summed E-state index contributed by atoms with van der Waals surface area (Å²) in [7, 11) is 1.65. The van der Waals surface area contributed by atoms with Crippen LogP contribution in [-0.2, 0) is 14.3 Å². The lowest BCUT2D eigenvalue weighted by Gasteiger charge is -2.32. The van der Waals surface area contributed by atoms with Crippen molar-refractivity contribution in [1.82, 2.24) is 10.2 Å². The summed E-state index contributed by atoms with van der Waals surface area (Å²) in [4.78, 5) is 26.1. The average Bonchev–Trinajstić information content (AvgIpc) is 2.49. The van der Waals surface area contributed by atoms with Crippen LogP contribution in [0.4, 0.5) is 0 Å². The lowest BCUT2D eigenvalue weighted by Crippen LogP contribution is -2.51. The molecule has 1 heterocycles. The van der Waals surface area contributed by atoms with Gasteiger partial charge in [-0.25, -0.2) is 0 Å². The predicted molar refractivity (Wildman–Crippen MR) is 73.7 cm³/mol. The van der Waals surface area contributed by atoms with Crippen LogP contribution in [0.3, 0.4) is 0 Å². The second-order valence-corrected chi connectivity index (χ2v) is 5.47. The molecule has 0 aromatic carbocycles. The number of rotatable bonds is 6. The van der Waals surface area contributed by atoms with Gasteiger partial charge in [0.1, 0.15) is 6.04 Å². The molecule has 1 aliphatic heterocycles. The number of ether oxygens (including phenoxy) is 1. The summed E-state index contributed by atoms with van der Waals surface area (Å²) in [6.45, 7) is 7.02. The number of hydrogen-bond donors (Lipinski definition) is 1. The van der Waals surface area contributed by atoms with E-state index in [1.165, 1.54) is 0 Å². The van der Waals surface area contributed by atoms with Gasteiger partial charge < -0.3 is 15.0 Å². The van der Waals surface area contributed by atoms with Crippen LogP contribution in [0, 0.1) is 5.92 Å². The molecular formula is C14H26N2O3. The van der Waals surface area contributed by atoms with Crippen molar-refractivity contribution in [2.45, 2.75) is 52.1 Å². The number of amides is 2. The van der Waals surface area contributed by atoms with Crippen molar-refractivity contribution in [3.63, 3.8) is 0 Å². The van der Waals surface area contributed by atoms with Crippen molar-refractivity contribution in [3.8, 4) is 0 Å². The van der Waals surface area contributed by atoms with Gasteiger partial charge in [0.05, 0.1) is 12.6 Å². The van der Waals surface area contributed by atoms with E-state index in [0.717, 1.165) is 12.8 Å². The standard InChI is InChI=1S/C14H26N2O3/c1-5-6-11(9-19-4)16-8-7-12(17)15-13(10(2)3)14(16)18/h10-11,13H,5-9H2,1-4H3,(H,15,17). The normalized spacial score (nSPS) is 22.4. The third-order valence-corrected chi connectivity index (χ3v) is 3.53. The molecule has 0 bridgehead atoms. The van der Waals surface area contributed by atoms with E-state index in [1.807, 2.05) is 18.7 Å². The van der Waals surface area contributed by atoms with Gasteiger partial charge in [-0.2, -0.15) is 0 Å². The number of nitrogens with one attached hydrogen (secondary N) is 1. The maximum atomic E-state index is 12.6. The van der Waals surface area contributed by atoms with Crippen molar-refractivity contribution in [2.75, 3.05) is 20.3 Å². The summed E-state index contributed by atoms with van der Waals surface area (Å²) in [5, 5.41) is 2.83. The summed E-state index contributed by atoms with van der Waals surface area (Å²) < 4.78 is 5.22. The van der Waals surface area contributed by atoms with Crippen LogP contribution in [0.25, 0.3) is 0 Å². The SMILES string of the molecule is CCCC(COC)N1CCC(=O)NC(C(C)C)C1=O. The molecule has 2 atom stereocenters. The number of carbonyl (C=O) groups excluding carboxylic acids is 2. The van der Waals surface area contributed by atoms with Crippen LogP contribution >= 0.6 is 0 Å². The van der Waals surface area contributed by atoms with E-state index in [0.29, 0.717) is 19.6 Å². The Morgan fingerprint density at radius 2 is 2.11 bits per heavy atom.